The van der Waals surface area contributed by atoms with Crippen LogP contribution in [0.4, 0.5) is 0 Å². The van der Waals surface area contributed by atoms with E-state index >= 15 is 0 Å². The maximum atomic E-state index is 12.5. The molecule has 2 fully saturated rings. The Labute approximate surface area is 129 Å². The van der Waals surface area contributed by atoms with Gasteiger partial charge in [-0.2, -0.15) is 0 Å². The topological polar surface area (TPSA) is 49.3 Å². The van der Waals surface area contributed by atoms with E-state index in [0.717, 1.165) is 31.6 Å². The van der Waals surface area contributed by atoms with E-state index in [9.17, 15) is 9.90 Å². The maximum Gasteiger partial charge on any atom is 0.223 e. The van der Waals surface area contributed by atoms with Crippen LogP contribution in [0, 0.1) is 23.2 Å². The lowest BCUT2D eigenvalue weighted by atomic mass is 9.69. The van der Waals surface area contributed by atoms with Gasteiger partial charge in [-0.05, 0) is 49.9 Å². The molecule has 2 aliphatic rings. The summed E-state index contributed by atoms with van der Waals surface area (Å²) in [6.07, 6.45) is 8.87. The summed E-state index contributed by atoms with van der Waals surface area (Å²) in [5.74, 6) is 1.47. The highest BCUT2D eigenvalue weighted by Gasteiger charge is 2.34. The molecule has 0 aromatic heterocycles. The number of rotatable bonds is 3. The third-order valence-corrected chi connectivity index (χ3v) is 5.79. The number of hydrogen-bond donors (Lipinski definition) is 2. The van der Waals surface area contributed by atoms with Crippen molar-refractivity contribution in [2.24, 2.45) is 23.2 Å². The van der Waals surface area contributed by atoms with Crippen LogP contribution in [0.15, 0.2) is 0 Å². The Balaban J connectivity index is 1.82. The molecule has 0 spiro atoms. The first-order valence-corrected chi connectivity index (χ1v) is 8.83. The summed E-state index contributed by atoms with van der Waals surface area (Å²) in [5.41, 5.74) is 0.368. The summed E-state index contributed by atoms with van der Waals surface area (Å²) < 4.78 is 0. The zero-order valence-corrected chi connectivity index (χ0v) is 14.0. The van der Waals surface area contributed by atoms with Gasteiger partial charge in [0.1, 0.15) is 0 Å². The fraction of sp³-hybridized carbons (Fsp3) is 0.944. The molecular formula is C18H33NO2. The molecular weight excluding hydrogens is 262 g/mol. The molecule has 2 aliphatic carbocycles. The summed E-state index contributed by atoms with van der Waals surface area (Å²) in [7, 11) is 0. The van der Waals surface area contributed by atoms with E-state index in [4.69, 9.17) is 0 Å². The van der Waals surface area contributed by atoms with Crippen LogP contribution in [0.25, 0.3) is 0 Å². The molecule has 0 aliphatic heterocycles. The van der Waals surface area contributed by atoms with Crippen molar-refractivity contribution < 1.29 is 9.90 Å². The van der Waals surface area contributed by atoms with Crippen LogP contribution in [-0.2, 0) is 4.79 Å². The molecule has 0 radical (unpaired) electrons. The fourth-order valence-electron chi connectivity index (χ4n) is 4.14. The van der Waals surface area contributed by atoms with Crippen molar-refractivity contribution >= 4 is 5.91 Å². The standard InChI is InChI=1S/C18H33NO2/c1-18(2,3)15-10-8-13(9-11-15)17(21)19-16-7-5-4-6-14(16)12-20/h13-16,20H,4-12H2,1-3H3,(H,19,21). The second kappa shape index (κ2) is 7.13. The monoisotopic (exact) mass is 295 g/mol. The quantitative estimate of drug-likeness (QED) is 0.837. The highest BCUT2D eigenvalue weighted by molar-refractivity contribution is 5.79. The zero-order chi connectivity index (χ0) is 15.5. The van der Waals surface area contributed by atoms with Gasteiger partial charge in [-0.25, -0.2) is 0 Å². The van der Waals surface area contributed by atoms with Gasteiger partial charge >= 0.3 is 0 Å². The molecule has 122 valence electrons. The van der Waals surface area contributed by atoms with Gasteiger partial charge in [0.15, 0.2) is 0 Å². The van der Waals surface area contributed by atoms with Crippen LogP contribution in [-0.4, -0.2) is 23.7 Å². The lowest BCUT2D eigenvalue weighted by Crippen LogP contribution is -2.46. The number of aliphatic hydroxyl groups excluding tert-OH is 1. The number of amides is 1. The molecule has 0 heterocycles. The Bertz CT molecular complexity index is 340. The SMILES string of the molecule is CC(C)(C)C1CCC(C(=O)NC2CCCCC2CO)CC1. The van der Waals surface area contributed by atoms with Crippen molar-refractivity contribution in [3.8, 4) is 0 Å². The van der Waals surface area contributed by atoms with Gasteiger partial charge in [-0.15, -0.1) is 0 Å². The number of carbonyl (C=O) groups is 1. The molecule has 2 unspecified atom stereocenters. The Morgan fingerprint density at radius 2 is 1.67 bits per heavy atom. The fourth-order valence-corrected chi connectivity index (χ4v) is 4.14. The van der Waals surface area contributed by atoms with E-state index in [0.29, 0.717) is 5.41 Å². The van der Waals surface area contributed by atoms with Crippen LogP contribution < -0.4 is 5.32 Å². The minimum absolute atomic E-state index is 0.199. The molecule has 0 aromatic rings. The molecule has 3 nitrogen and oxygen atoms in total. The highest BCUT2D eigenvalue weighted by Crippen LogP contribution is 2.40. The number of hydrogen-bond acceptors (Lipinski definition) is 2. The van der Waals surface area contributed by atoms with Gasteiger partial charge in [-0.1, -0.05) is 33.6 Å². The van der Waals surface area contributed by atoms with Crippen LogP contribution in [0.2, 0.25) is 0 Å². The molecule has 0 aromatic carbocycles. The largest absolute Gasteiger partial charge is 0.396 e. The lowest BCUT2D eigenvalue weighted by Gasteiger charge is -2.37. The highest BCUT2D eigenvalue weighted by atomic mass is 16.3. The van der Waals surface area contributed by atoms with Gasteiger partial charge in [0, 0.05) is 24.5 Å². The predicted octanol–water partition coefficient (Wildman–Crippen LogP) is 3.51. The summed E-state index contributed by atoms with van der Waals surface area (Å²) in [6, 6.07) is 0.205. The van der Waals surface area contributed by atoms with Gasteiger partial charge in [0.25, 0.3) is 0 Å². The Morgan fingerprint density at radius 1 is 1.05 bits per heavy atom. The molecule has 2 rings (SSSR count). The van der Waals surface area contributed by atoms with Crippen LogP contribution >= 0.6 is 0 Å². The predicted molar refractivity (Wildman–Crippen MR) is 85.9 cm³/mol. The second-order valence-corrected chi connectivity index (χ2v) is 8.26. The third kappa shape index (κ3) is 4.45. The lowest BCUT2D eigenvalue weighted by molar-refractivity contribution is -0.128. The van der Waals surface area contributed by atoms with Crippen molar-refractivity contribution in [1.82, 2.24) is 5.32 Å². The van der Waals surface area contributed by atoms with E-state index in [-0.39, 0.29) is 30.4 Å². The first-order valence-electron chi connectivity index (χ1n) is 8.83. The maximum absolute atomic E-state index is 12.5. The third-order valence-electron chi connectivity index (χ3n) is 5.79. The molecule has 2 N–H and O–H groups in total. The van der Waals surface area contributed by atoms with Crippen molar-refractivity contribution in [3.05, 3.63) is 0 Å². The van der Waals surface area contributed by atoms with Crippen LogP contribution in [0.5, 0.6) is 0 Å². The van der Waals surface area contributed by atoms with Gasteiger partial charge in [-0.3, -0.25) is 4.79 Å². The van der Waals surface area contributed by atoms with Crippen molar-refractivity contribution in [3.63, 3.8) is 0 Å². The van der Waals surface area contributed by atoms with Crippen LogP contribution in [0.1, 0.15) is 72.1 Å². The molecule has 2 saturated carbocycles. The van der Waals surface area contributed by atoms with Crippen molar-refractivity contribution in [1.29, 1.82) is 0 Å². The summed E-state index contributed by atoms with van der Waals surface area (Å²) in [5, 5.41) is 12.7. The zero-order valence-electron chi connectivity index (χ0n) is 14.0. The van der Waals surface area contributed by atoms with Gasteiger partial charge < -0.3 is 10.4 Å². The number of carbonyl (C=O) groups excluding carboxylic acids is 1. The minimum Gasteiger partial charge on any atom is -0.396 e. The molecule has 21 heavy (non-hydrogen) atoms. The summed E-state index contributed by atoms with van der Waals surface area (Å²) in [4.78, 5) is 12.5. The smallest absolute Gasteiger partial charge is 0.223 e. The van der Waals surface area contributed by atoms with Gasteiger partial charge in [0.2, 0.25) is 5.91 Å². The van der Waals surface area contributed by atoms with E-state index in [1.54, 1.807) is 0 Å². The second-order valence-electron chi connectivity index (χ2n) is 8.26. The Hall–Kier alpha value is -0.570. The number of aliphatic hydroxyl groups is 1. The molecule has 1 amide bonds. The van der Waals surface area contributed by atoms with E-state index in [1.165, 1.54) is 25.7 Å². The van der Waals surface area contributed by atoms with Crippen LogP contribution in [0.3, 0.4) is 0 Å². The number of nitrogens with one attached hydrogen (secondary N) is 1. The van der Waals surface area contributed by atoms with E-state index in [2.05, 4.69) is 26.1 Å². The minimum atomic E-state index is 0.199. The molecule has 3 heteroatoms. The average Bonchev–Trinajstić information content (AvgIpc) is 2.47. The van der Waals surface area contributed by atoms with Gasteiger partial charge in [0.05, 0.1) is 0 Å². The molecule has 0 bridgehead atoms. The molecule has 2 atom stereocenters. The first-order chi connectivity index (χ1) is 9.91. The summed E-state index contributed by atoms with van der Waals surface area (Å²) >= 11 is 0. The van der Waals surface area contributed by atoms with E-state index < -0.39 is 0 Å². The van der Waals surface area contributed by atoms with Crippen molar-refractivity contribution in [2.45, 2.75) is 78.2 Å². The normalized spacial score (nSPS) is 34.5. The molecule has 0 saturated heterocycles. The summed E-state index contributed by atoms with van der Waals surface area (Å²) in [6.45, 7) is 7.14. The average molecular weight is 295 g/mol. The first kappa shape index (κ1) is 16.8. The Kier molecular flexibility index (Phi) is 5.70. The Morgan fingerprint density at radius 3 is 2.24 bits per heavy atom. The van der Waals surface area contributed by atoms with Crippen molar-refractivity contribution in [2.75, 3.05) is 6.61 Å². The van der Waals surface area contributed by atoms with E-state index in [1.807, 2.05) is 0 Å².